The van der Waals surface area contributed by atoms with Gasteiger partial charge >= 0.3 is 0 Å². The normalized spacial score (nSPS) is 14.3. The third-order valence-corrected chi connectivity index (χ3v) is 3.89. The second-order valence-corrected chi connectivity index (χ2v) is 5.55. The molecule has 1 aromatic rings. The fourth-order valence-corrected chi connectivity index (χ4v) is 2.14. The summed E-state index contributed by atoms with van der Waals surface area (Å²) in [5, 5.41) is 11.4. The number of rotatable bonds is 6. The maximum atomic E-state index is 11.9. The molecule has 0 aliphatic carbocycles. The summed E-state index contributed by atoms with van der Waals surface area (Å²) in [6.45, 7) is 6.24. The molecule has 2 atom stereocenters. The number of nitrogens with zero attached hydrogens (tertiary/aromatic N) is 3. The molecule has 6 nitrogen and oxygen atoms in total. The van der Waals surface area contributed by atoms with Crippen molar-refractivity contribution in [2.24, 2.45) is 12.8 Å². The van der Waals surface area contributed by atoms with E-state index >= 15 is 0 Å². The minimum Gasteiger partial charge on any atom is -0.353 e. The number of nitrogens with one attached hydrogen (secondary N) is 1. The first-order chi connectivity index (χ1) is 8.49. The summed E-state index contributed by atoms with van der Waals surface area (Å²) in [4.78, 5) is 11.9. The molecule has 1 rings (SSSR count). The predicted octanol–water partition coefficient (Wildman–Crippen LogP) is 0.669. The number of aromatic nitrogens is 3. The van der Waals surface area contributed by atoms with E-state index in [1.54, 1.807) is 0 Å². The molecule has 0 saturated heterocycles. The lowest BCUT2D eigenvalue weighted by Crippen LogP contribution is -2.37. The molecule has 0 fully saturated rings. The number of hydrogen-bond donors (Lipinski definition) is 2. The lowest BCUT2D eigenvalue weighted by molar-refractivity contribution is -0.120. The molecule has 0 aliphatic heterocycles. The summed E-state index contributed by atoms with van der Waals surface area (Å²) >= 11 is 1.39. The van der Waals surface area contributed by atoms with Gasteiger partial charge in [-0.2, -0.15) is 0 Å². The van der Waals surface area contributed by atoms with Crippen molar-refractivity contribution in [3.63, 3.8) is 0 Å². The van der Waals surface area contributed by atoms with Gasteiger partial charge in [-0.25, -0.2) is 0 Å². The van der Waals surface area contributed by atoms with Crippen molar-refractivity contribution < 1.29 is 4.79 Å². The quantitative estimate of drug-likeness (QED) is 0.743. The minimum absolute atomic E-state index is 0.0200. The summed E-state index contributed by atoms with van der Waals surface area (Å²) in [5.41, 5.74) is 5.53. The van der Waals surface area contributed by atoms with E-state index in [2.05, 4.69) is 15.5 Å². The molecule has 0 radical (unpaired) electrons. The minimum atomic E-state index is -0.201. The molecular formula is C11H21N5OS. The van der Waals surface area contributed by atoms with Crippen LogP contribution in [0.1, 0.15) is 33.0 Å². The van der Waals surface area contributed by atoms with Crippen molar-refractivity contribution >= 4 is 17.7 Å². The van der Waals surface area contributed by atoms with E-state index in [1.165, 1.54) is 11.8 Å². The van der Waals surface area contributed by atoms with Crippen LogP contribution >= 0.6 is 11.8 Å². The van der Waals surface area contributed by atoms with E-state index in [0.717, 1.165) is 6.42 Å². The molecule has 7 heteroatoms. The zero-order valence-corrected chi connectivity index (χ0v) is 12.1. The molecule has 18 heavy (non-hydrogen) atoms. The van der Waals surface area contributed by atoms with Gasteiger partial charge in [0, 0.05) is 13.1 Å². The summed E-state index contributed by atoms with van der Waals surface area (Å²) in [5.74, 6) is 0.735. The fraction of sp³-hybridized carbons (Fsp3) is 0.727. The highest BCUT2D eigenvalue weighted by Crippen LogP contribution is 2.21. The summed E-state index contributed by atoms with van der Waals surface area (Å²) in [7, 11) is 1.85. The molecule has 102 valence electrons. The number of amides is 1. The topological polar surface area (TPSA) is 85.8 Å². The van der Waals surface area contributed by atoms with E-state index in [0.29, 0.717) is 17.5 Å². The van der Waals surface area contributed by atoms with Gasteiger partial charge in [-0.05, 0) is 20.3 Å². The Balaban J connectivity index is 2.61. The highest BCUT2D eigenvalue weighted by molar-refractivity contribution is 8.00. The average Bonchev–Trinajstić information content (AvgIpc) is 2.70. The van der Waals surface area contributed by atoms with Gasteiger partial charge < -0.3 is 15.6 Å². The maximum Gasteiger partial charge on any atom is 0.233 e. The zero-order valence-electron chi connectivity index (χ0n) is 11.3. The number of carbonyl (C=O) groups excluding carboxylic acids is 1. The van der Waals surface area contributed by atoms with Crippen molar-refractivity contribution in [2.45, 2.75) is 50.2 Å². The van der Waals surface area contributed by atoms with Crippen molar-refractivity contribution in [3.8, 4) is 0 Å². The summed E-state index contributed by atoms with van der Waals surface area (Å²) in [6, 6.07) is 0.194. The number of thioether (sulfide) groups is 1. The Morgan fingerprint density at radius 3 is 2.67 bits per heavy atom. The van der Waals surface area contributed by atoms with Crippen LogP contribution < -0.4 is 11.1 Å². The van der Waals surface area contributed by atoms with Gasteiger partial charge in [0.05, 0.1) is 11.8 Å². The Morgan fingerprint density at radius 1 is 1.50 bits per heavy atom. The molecular weight excluding hydrogens is 250 g/mol. The van der Waals surface area contributed by atoms with Crippen LogP contribution in [0.15, 0.2) is 5.16 Å². The first-order valence-electron chi connectivity index (χ1n) is 6.04. The predicted molar refractivity (Wildman–Crippen MR) is 72.1 cm³/mol. The van der Waals surface area contributed by atoms with Crippen LogP contribution in [0.4, 0.5) is 0 Å². The third kappa shape index (κ3) is 3.71. The molecule has 0 saturated carbocycles. The van der Waals surface area contributed by atoms with Gasteiger partial charge in [-0.1, -0.05) is 18.7 Å². The number of nitrogens with two attached hydrogens (primary N) is 1. The van der Waals surface area contributed by atoms with Crippen LogP contribution in [0.2, 0.25) is 0 Å². The number of hydrogen-bond acceptors (Lipinski definition) is 5. The first kappa shape index (κ1) is 15.0. The Labute approximate surface area is 112 Å². The van der Waals surface area contributed by atoms with Crippen molar-refractivity contribution in [1.82, 2.24) is 20.1 Å². The summed E-state index contributed by atoms with van der Waals surface area (Å²) in [6.07, 6.45) is 0.921. The van der Waals surface area contributed by atoms with E-state index in [4.69, 9.17) is 5.73 Å². The second kappa shape index (κ2) is 6.75. The van der Waals surface area contributed by atoms with Crippen LogP contribution in [-0.4, -0.2) is 32.0 Å². The molecule has 1 amide bonds. The number of carbonyl (C=O) groups is 1. The Morgan fingerprint density at radius 2 is 2.17 bits per heavy atom. The first-order valence-corrected chi connectivity index (χ1v) is 6.92. The molecule has 0 bridgehead atoms. The van der Waals surface area contributed by atoms with Crippen molar-refractivity contribution in [1.29, 1.82) is 0 Å². The Hall–Kier alpha value is -1.08. The van der Waals surface area contributed by atoms with Gasteiger partial charge in [0.1, 0.15) is 5.82 Å². The summed E-state index contributed by atoms with van der Waals surface area (Å²) < 4.78 is 1.82. The molecule has 3 N–H and O–H groups in total. The van der Waals surface area contributed by atoms with E-state index in [1.807, 2.05) is 32.4 Å². The largest absolute Gasteiger partial charge is 0.353 e. The van der Waals surface area contributed by atoms with Gasteiger partial charge in [-0.15, -0.1) is 10.2 Å². The molecule has 0 aromatic carbocycles. The maximum absolute atomic E-state index is 11.9. The van der Waals surface area contributed by atoms with Gasteiger partial charge in [-0.3, -0.25) is 4.79 Å². The second-order valence-electron chi connectivity index (χ2n) is 4.24. The standard InChI is InChI=1S/C11H21N5OS/c1-5-7(2)13-10(17)8(3)18-11-15-14-9(6-12)16(11)4/h7-8H,5-6,12H2,1-4H3,(H,13,17). The van der Waals surface area contributed by atoms with Crippen LogP contribution in [0.3, 0.4) is 0 Å². The molecule has 0 spiro atoms. The lowest BCUT2D eigenvalue weighted by atomic mass is 10.2. The molecule has 1 aromatic heterocycles. The van der Waals surface area contributed by atoms with Crippen LogP contribution in [-0.2, 0) is 18.4 Å². The fourth-order valence-electron chi connectivity index (χ4n) is 1.30. The SMILES string of the molecule is CCC(C)NC(=O)C(C)Sc1nnc(CN)n1C. The molecule has 1 heterocycles. The van der Waals surface area contributed by atoms with Gasteiger partial charge in [0.25, 0.3) is 0 Å². The smallest absolute Gasteiger partial charge is 0.233 e. The Kier molecular flexibility index (Phi) is 5.61. The third-order valence-electron chi connectivity index (χ3n) is 2.76. The molecule has 2 unspecified atom stereocenters. The Bertz CT molecular complexity index is 406. The van der Waals surface area contributed by atoms with Crippen LogP contribution in [0.25, 0.3) is 0 Å². The average molecular weight is 271 g/mol. The zero-order chi connectivity index (χ0) is 13.7. The van der Waals surface area contributed by atoms with Crippen LogP contribution in [0.5, 0.6) is 0 Å². The van der Waals surface area contributed by atoms with E-state index in [9.17, 15) is 4.79 Å². The highest BCUT2D eigenvalue weighted by Gasteiger charge is 2.19. The van der Waals surface area contributed by atoms with Crippen molar-refractivity contribution in [3.05, 3.63) is 5.82 Å². The van der Waals surface area contributed by atoms with Crippen LogP contribution in [0, 0.1) is 0 Å². The molecule has 0 aliphatic rings. The lowest BCUT2D eigenvalue weighted by Gasteiger charge is -2.15. The van der Waals surface area contributed by atoms with Crippen molar-refractivity contribution in [2.75, 3.05) is 0 Å². The van der Waals surface area contributed by atoms with Gasteiger partial charge in [0.2, 0.25) is 5.91 Å². The van der Waals surface area contributed by atoms with E-state index < -0.39 is 0 Å². The highest BCUT2D eigenvalue weighted by atomic mass is 32.2. The van der Waals surface area contributed by atoms with Gasteiger partial charge in [0.15, 0.2) is 5.16 Å². The monoisotopic (exact) mass is 271 g/mol. The van der Waals surface area contributed by atoms with E-state index in [-0.39, 0.29) is 17.2 Å².